The maximum absolute atomic E-state index is 12.8. The zero-order chi connectivity index (χ0) is 19.0. The maximum atomic E-state index is 12.8. The van der Waals surface area contributed by atoms with Crippen LogP contribution in [-0.2, 0) is 22.7 Å². The van der Waals surface area contributed by atoms with Gasteiger partial charge >= 0.3 is 0 Å². The van der Waals surface area contributed by atoms with E-state index in [9.17, 15) is 9.59 Å². The van der Waals surface area contributed by atoms with Crippen LogP contribution in [0.25, 0.3) is 17.0 Å². The van der Waals surface area contributed by atoms with Crippen LogP contribution in [0.5, 0.6) is 0 Å². The number of carbonyl (C=O) groups is 2. The Balaban J connectivity index is 1.68. The molecule has 2 amide bonds. The molecule has 136 valence electrons. The number of aromatic nitrogens is 1. The number of furan rings is 1. The summed E-state index contributed by atoms with van der Waals surface area (Å²) in [5, 5.41) is 0.940. The fraction of sp³-hybridized carbons (Fsp3) is 0.105. The van der Waals surface area contributed by atoms with Gasteiger partial charge in [0.15, 0.2) is 0 Å². The van der Waals surface area contributed by atoms with E-state index in [4.69, 9.17) is 22.4 Å². The number of rotatable bonds is 5. The molecule has 3 heterocycles. The first-order chi connectivity index (χ1) is 13.0. The third kappa shape index (κ3) is 3.41. The first-order valence-electron chi connectivity index (χ1n) is 8.17. The van der Waals surface area contributed by atoms with Gasteiger partial charge in [0.2, 0.25) is 5.91 Å². The highest BCUT2D eigenvalue weighted by Gasteiger charge is 2.32. The van der Waals surface area contributed by atoms with Crippen molar-refractivity contribution < 1.29 is 14.0 Å². The first kappa shape index (κ1) is 17.6. The highest BCUT2D eigenvalue weighted by atomic mass is 32.2. The van der Waals surface area contributed by atoms with E-state index in [1.165, 1.54) is 16.7 Å². The molecule has 6 nitrogen and oxygen atoms in total. The summed E-state index contributed by atoms with van der Waals surface area (Å²) in [6.45, 7) is 0.381. The second-order valence-corrected chi connectivity index (χ2v) is 7.72. The molecule has 0 spiro atoms. The number of hydrogen-bond acceptors (Lipinski definition) is 5. The van der Waals surface area contributed by atoms with Crippen LogP contribution < -0.4 is 5.73 Å². The van der Waals surface area contributed by atoms with Crippen LogP contribution in [0.15, 0.2) is 58.2 Å². The summed E-state index contributed by atoms with van der Waals surface area (Å²) in [6, 6.07) is 11.2. The van der Waals surface area contributed by atoms with E-state index in [2.05, 4.69) is 0 Å². The lowest BCUT2D eigenvalue weighted by molar-refractivity contribution is -0.122. The second kappa shape index (κ2) is 7.05. The lowest BCUT2D eigenvalue weighted by Crippen LogP contribution is -2.27. The van der Waals surface area contributed by atoms with Crippen molar-refractivity contribution in [3.63, 3.8) is 0 Å². The van der Waals surface area contributed by atoms with Crippen molar-refractivity contribution in [2.45, 2.75) is 13.1 Å². The summed E-state index contributed by atoms with van der Waals surface area (Å²) in [6.07, 6.45) is 5.20. The van der Waals surface area contributed by atoms with Crippen molar-refractivity contribution in [1.82, 2.24) is 9.47 Å². The number of para-hydroxylation sites is 1. The fourth-order valence-electron chi connectivity index (χ4n) is 3.02. The minimum absolute atomic E-state index is 0.0772. The third-order valence-corrected chi connectivity index (χ3v) is 5.58. The van der Waals surface area contributed by atoms with Crippen molar-refractivity contribution in [2.24, 2.45) is 5.73 Å². The van der Waals surface area contributed by atoms with Crippen molar-refractivity contribution in [3.8, 4) is 0 Å². The van der Waals surface area contributed by atoms with Crippen LogP contribution in [0.1, 0.15) is 11.3 Å². The Hall–Kier alpha value is -2.84. The number of primary amides is 1. The molecule has 1 aliphatic heterocycles. The Bertz CT molecular complexity index is 1080. The van der Waals surface area contributed by atoms with E-state index >= 15 is 0 Å². The molecule has 0 atom stereocenters. The number of nitrogens with zero attached hydrogens (tertiary/aromatic N) is 2. The Labute approximate surface area is 164 Å². The number of hydrogen-bond donors (Lipinski definition) is 1. The van der Waals surface area contributed by atoms with Crippen molar-refractivity contribution in [2.75, 3.05) is 0 Å². The van der Waals surface area contributed by atoms with Gasteiger partial charge in [-0.3, -0.25) is 14.5 Å². The van der Waals surface area contributed by atoms with Crippen LogP contribution in [-0.4, -0.2) is 25.6 Å². The lowest BCUT2D eigenvalue weighted by atomic mass is 10.1. The van der Waals surface area contributed by atoms with Gasteiger partial charge in [-0.05, 0) is 24.3 Å². The molecule has 0 unspecified atom stereocenters. The molecule has 3 aromatic rings. The van der Waals surface area contributed by atoms with Gasteiger partial charge in [0.05, 0.1) is 17.7 Å². The smallest absolute Gasteiger partial charge is 0.266 e. The highest BCUT2D eigenvalue weighted by molar-refractivity contribution is 8.26. The molecule has 0 aliphatic carbocycles. The average Bonchev–Trinajstić information content (AvgIpc) is 3.32. The Morgan fingerprint density at radius 3 is 2.81 bits per heavy atom. The predicted octanol–water partition coefficient (Wildman–Crippen LogP) is 3.12. The molecular weight excluding hydrogens is 382 g/mol. The zero-order valence-electron chi connectivity index (χ0n) is 14.1. The monoisotopic (exact) mass is 397 g/mol. The van der Waals surface area contributed by atoms with Crippen LogP contribution in [0, 0.1) is 0 Å². The summed E-state index contributed by atoms with van der Waals surface area (Å²) >= 11 is 6.62. The van der Waals surface area contributed by atoms with E-state index < -0.39 is 5.91 Å². The SMILES string of the molecule is NC(=O)Cn1cc(/C=C2\SC(=S)N(Cc3ccco3)C2=O)c2ccccc21. The minimum atomic E-state index is -0.424. The second-order valence-electron chi connectivity index (χ2n) is 6.04. The minimum Gasteiger partial charge on any atom is -0.467 e. The van der Waals surface area contributed by atoms with E-state index in [0.717, 1.165) is 16.5 Å². The van der Waals surface area contributed by atoms with Crippen LogP contribution >= 0.6 is 24.0 Å². The summed E-state index contributed by atoms with van der Waals surface area (Å²) in [5.74, 6) is 0.0887. The molecule has 2 aromatic heterocycles. The third-order valence-electron chi connectivity index (χ3n) is 4.20. The molecule has 1 saturated heterocycles. The number of nitrogens with two attached hydrogens (primary N) is 1. The van der Waals surface area contributed by atoms with Crippen molar-refractivity contribution in [3.05, 3.63) is 65.1 Å². The van der Waals surface area contributed by atoms with E-state index in [1.54, 1.807) is 29.0 Å². The van der Waals surface area contributed by atoms with Gasteiger partial charge in [-0.25, -0.2) is 0 Å². The molecule has 2 N–H and O–H groups in total. The maximum Gasteiger partial charge on any atom is 0.266 e. The number of benzene rings is 1. The Morgan fingerprint density at radius 1 is 1.26 bits per heavy atom. The van der Waals surface area contributed by atoms with E-state index in [1.807, 2.05) is 30.5 Å². The van der Waals surface area contributed by atoms with Crippen LogP contribution in [0.4, 0.5) is 0 Å². The molecule has 0 radical (unpaired) electrons. The van der Waals surface area contributed by atoms with E-state index in [0.29, 0.717) is 21.5 Å². The van der Waals surface area contributed by atoms with E-state index in [-0.39, 0.29) is 12.5 Å². The normalized spacial score (nSPS) is 16.0. The van der Waals surface area contributed by atoms with Gasteiger partial charge in [-0.15, -0.1) is 0 Å². The number of carbonyl (C=O) groups excluding carboxylic acids is 2. The van der Waals surface area contributed by atoms with Gasteiger partial charge < -0.3 is 14.7 Å². The number of amides is 2. The van der Waals surface area contributed by atoms with Gasteiger partial charge in [0.1, 0.15) is 16.6 Å². The summed E-state index contributed by atoms with van der Waals surface area (Å²) in [7, 11) is 0. The van der Waals surface area contributed by atoms with Gasteiger partial charge in [-0.2, -0.15) is 0 Å². The van der Waals surface area contributed by atoms with Crippen LogP contribution in [0.3, 0.4) is 0 Å². The molecule has 1 aromatic carbocycles. The summed E-state index contributed by atoms with van der Waals surface area (Å²) < 4.78 is 7.59. The van der Waals surface area contributed by atoms with Gasteiger partial charge in [-0.1, -0.05) is 42.2 Å². The molecule has 0 saturated carbocycles. The molecule has 27 heavy (non-hydrogen) atoms. The lowest BCUT2D eigenvalue weighted by Gasteiger charge is -2.11. The van der Waals surface area contributed by atoms with Gasteiger partial charge in [0, 0.05) is 22.7 Å². The van der Waals surface area contributed by atoms with Crippen molar-refractivity contribution in [1.29, 1.82) is 0 Å². The average molecular weight is 397 g/mol. The summed E-state index contributed by atoms with van der Waals surface area (Å²) in [5.41, 5.74) is 7.07. The topological polar surface area (TPSA) is 81.5 Å². The van der Waals surface area contributed by atoms with Crippen molar-refractivity contribution >= 4 is 57.1 Å². The quantitative estimate of drug-likeness (QED) is 0.528. The predicted molar refractivity (Wildman–Crippen MR) is 109 cm³/mol. The highest BCUT2D eigenvalue weighted by Crippen LogP contribution is 2.35. The largest absolute Gasteiger partial charge is 0.467 e. The number of fused-ring (bicyclic) bond motifs is 1. The number of thioether (sulfide) groups is 1. The first-order valence-corrected chi connectivity index (χ1v) is 9.39. The zero-order valence-corrected chi connectivity index (χ0v) is 15.8. The molecule has 4 rings (SSSR count). The molecule has 8 heteroatoms. The molecule has 1 fully saturated rings. The van der Waals surface area contributed by atoms with Gasteiger partial charge in [0.25, 0.3) is 5.91 Å². The number of thiocarbonyl (C=S) groups is 1. The standard InChI is InChI=1S/C19H15N3O3S2/c20-17(23)11-21-9-12(14-5-1-2-6-15(14)21)8-16-18(24)22(19(26)27-16)10-13-4-3-7-25-13/h1-9H,10-11H2,(H2,20,23)/b16-8-. The molecule has 1 aliphatic rings. The fourth-order valence-corrected chi connectivity index (χ4v) is 4.27. The Kier molecular flexibility index (Phi) is 4.59. The molecular formula is C19H15N3O3S2. The summed E-state index contributed by atoms with van der Waals surface area (Å²) in [4.78, 5) is 26.2. The Morgan fingerprint density at radius 2 is 2.07 bits per heavy atom. The van der Waals surface area contributed by atoms with Crippen LogP contribution in [0.2, 0.25) is 0 Å². The molecule has 0 bridgehead atoms.